The Morgan fingerprint density at radius 2 is 1.70 bits per heavy atom. The smallest absolute Gasteiger partial charge is 0.240 e. The molecule has 1 saturated carbocycles. The molecule has 0 bridgehead atoms. The van der Waals surface area contributed by atoms with Gasteiger partial charge in [0.1, 0.15) is 0 Å². The minimum atomic E-state index is -3.42. The van der Waals surface area contributed by atoms with Gasteiger partial charge in [-0.1, -0.05) is 37.5 Å². The molecule has 1 aliphatic carbocycles. The molecule has 0 saturated heterocycles. The largest absolute Gasteiger partial charge is 0.313 e. The molecule has 20 heavy (non-hydrogen) atoms. The molecule has 1 fully saturated rings. The van der Waals surface area contributed by atoms with E-state index < -0.39 is 10.0 Å². The molecular weight excluding hydrogens is 272 g/mol. The standard InChI is InChI=1S/C15H24N2O2S/c1-3-16-14-6-4-5-7-15(14)17-20(18,19)13-10-8-12(2)9-11-13/h8-11,14-17H,3-7H2,1-2H3/t14-,15-/m1/s1. The van der Waals surface area contributed by atoms with E-state index in [1.807, 2.05) is 19.1 Å². The first-order chi connectivity index (χ1) is 9.53. The van der Waals surface area contributed by atoms with Crippen LogP contribution in [0.15, 0.2) is 29.2 Å². The van der Waals surface area contributed by atoms with E-state index in [-0.39, 0.29) is 12.1 Å². The van der Waals surface area contributed by atoms with E-state index in [0.717, 1.165) is 31.4 Å². The van der Waals surface area contributed by atoms with E-state index in [0.29, 0.717) is 4.90 Å². The third kappa shape index (κ3) is 3.81. The Kier molecular flexibility index (Phi) is 5.18. The first-order valence-corrected chi connectivity index (χ1v) is 8.83. The monoisotopic (exact) mass is 296 g/mol. The van der Waals surface area contributed by atoms with Crippen molar-refractivity contribution in [3.05, 3.63) is 29.8 Å². The van der Waals surface area contributed by atoms with Gasteiger partial charge in [0.25, 0.3) is 0 Å². The van der Waals surface area contributed by atoms with Gasteiger partial charge in [-0.3, -0.25) is 0 Å². The molecule has 4 nitrogen and oxygen atoms in total. The second-order valence-corrected chi connectivity index (χ2v) is 7.20. The van der Waals surface area contributed by atoms with Gasteiger partial charge in [0.05, 0.1) is 4.90 Å². The summed E-state index contributed by atoms with van der Waals surface area (Å²) in [6.07, 6.45) is 4.20. The molecule has 5 heteroatoms. The minimum absolute atomic E-state index is 0.00463. The quantitative estimate of drug-likeness (QED) is 0.875. The minimum Gasteiger partial charge on any atom is -0.313 e. The van der Waals surface area contributed by atoms with Crippen molar-refractivity contribution >= 4 is 10.0 Å². The van der Waals surface area contributed by atoms with Crippen LogP contribution in [0.25, 0.3) is 0 Å². The highest BCUT2D eigenvalue weighted by molar-refractivity contribution is 7.89. The maximum atomic E-state index is 12.4. The predicted octanol–water partition coefficient (Wildman–Crippen LogP) is 2.19. The topological polar surface area (TPSA) is 58.2 Å². The van der Waals surface area contributed by atoms with E-state index in [1.54, 1.807) is 12.1 Å². The van der Waals surface area contributed by atoms with Crippen LogP contribution in [-0.2, 0) is 10.0 Å². The van der Waals surface area contributed by atoms with Crippen LogP contribution in [0.4, 0.5) is 0 Å². The molecule has 0 radical (unpaired) electrons. The van der Waals surface area contributed by atoms with Crippen LogP contribution in [-0.4, -0.2) is 27.0 Å². The second kappa shape index (κ2) is 6.70. The van der Waals surface area contributed by atoms with E-state index in [1.165, 1.54) is 6.42 Å². The Morgan fingerprint density at radius 3 is 2.30 bits per heavy atom. The average molecular weight is 296 g/mol. The summed E-state index contributed by atoms with van der Waals surface area (Å²) in [7, 11) is -3.42. The highest BCUT2D eigenvalue weighted by Gasteiger charge is 2.28. The number of benzene rings is 1. The number of sulfonamides is 1. The summed E-state index contributed by atoms with van der Waals surface area (Å²) in [5.74, 6) is 0. The van der Waals surface area contributed by atoms with E-state index in [4.69, 9.17) is 0 Å². The van der Waals surface area contributed by atoms with Crippen molar-refractivity contribution in [2.75, 3.05) is 6.54 Å². The van der Waals surface area contributed by atoms with Gasteiger partial charge in [0.2, 0.25) is 10.0 Å². The summed E-state index contributed by atoms with van der Waals surface area (Å²) in [5, 5.41) is 3.39. The third-order valence-electron chi connectivity index (χ3n) is 3.87. The van der Waals surface area contributed by atoms with E-state index >= 15 is 0 Å². The predicted molar refractivity (Wildman–Crippen MR) is 81.2 cm³/mol. The average Bonchev–Trinajstić information content (AvgIpc) is 2.41. The first-order valence-electron chi connectivity index (χ1n) is 7.35. The lowest BCUT2D eigenvalue weighted by atomic mass is 9.91. The maximum Gasteiger partial charge on any atom is 0.240 e. The van der Waals surface area contributed by atoms with Gasteiger partial charge >= 0.3 is 0 Å². The molecule has 1 aromatic rings. The summed E-state index contributed by atoms with van der Waals surface area (Å²) in [6, 6.07) is 7.24. The van der Waals surface area contributed by atoms with Gasteiger partial charge < -0.3 is 5.32 Å². The summed E-state index contributed by atoms with van der Waals surface area (Å²) in [6.45, 7) is 4.87. The van der Waals surface area contributed by atoms with E-state index in [9.17, 15) is 8.42 Å². The fourth-order valence-electron chi connectivity index (χ4n) is 2.76. The van der Waals surface area contributed by atoms with Gasteiger partial charge in [-0.05, 0) is 38.4 Å². The van der Waals surface area contributed by atoms with Gasteiger partial charge in [-0.25, -0.2) is 13.1 Å². The zero-order valence-electron chi connectivity index (χ0n) is 12.2. The molecule has 0 aliphatic heterocycles. The van der Waals surface area contributed by atoms with Gasteiger partial charge in [0, 0.05) is 12.1 Å². The molecule has 2 rings (SSSR count). The molecular formula is C15H24N2O2S. The van der Waals surface area contributed by atoms with Crippen LogP contribution in [0.1, 0.15) is 38.2 Å². The molecule has 0 heterocycles. The van der Waals surface area contributed by atoms with Crippen molar-refractivity contribution in [3.63, 3.8) is 0 Å². The van der Waals surface area contributed by atoms with Crippen molar-refractivity contribution in [2.24, 2.45) is 0 Å². The number of aryl methyl sites for hydroxylation is 1. The normalized spacial score (nSPS) is 23.7. The van der Waals surface area contributed by atoms with Gasteiger partial charge in [0.15, 0.2) is 0 Å². The third-order valence-corrected chi connectivity index (χ3v) is 5.38. The second-order valence-electron chi connectivity index (χ2n) is 5.49. The Morgan fingerprint density at radius 1 is 1.10 bits per heavy atom. The Labute approximate surface area is 122 Å². The Bertz CT molecular complexity index is 523. The lowest BCUT2D eigenvalue weighted by Gasteiger charge is -2.32. The lowest BCUT2D eigenvalue weighted by molar-refractivity contribution is 0.314. The molecule has 1 aromatic carbocycles. The highest BCUT2D eigenvalue weighted by atomic mass is 32.2. The van der Waals surface area contributed by atoms with Crippen molar-refractivity contribution in [2.45, 2.75) is 56.5 Å². The van der Waals surface area contributed by atoms with Gasteiger partial charge in [-0.15, -0.1) is 0 Å². The molecule has 0 spiro atoms. The Balaban J connectivity index is 2.12. The van der Waals surface area contributed by atoms with Crippen molar-refractivity contribution < 1.29 is 8.42 Å². The SMILES string of the molecule is CCN[C@@H]1CCCC[C@H]1NS(=O)(=O)c1ccc(C)cc1. The summed E-state index contributed by atoms with van der Waals surface area (Å²) >= 11 is 0. The van der Waals surface area contributed by atoms with E-state index in [2.05, 4.69) is 17.0 Å². The summed E-state index contributed by atoms with van der Waals surface area (Å²) < 4.78 is 27.7. The fraction of sp³-hybridized carbons (Fsp3) is 0.600. The number of rotatable bonds is 5. The van der Waals surface area contributed by atoms with Crippen LogP contribution < -0.4 is 10.0 Å². The number of hydrogen-bond acceptors (Lipinski definition) is 3. The first kappa shape index (κ1) is 15.5. The van der Waals surface area contributed by atoms with Crippen LogP contribution in [0.2, 0.25) is 0 Å². The molecule has 0 amide bonds. The summed E-state index contributed by atoms with van der Waals surface area (Å²) in [5.41, 5.74) is 1.06. The molecule has 0 unspecified atom stereocenters. The fourth-order valence-corrected chi connectivity index (χ4v) is 4.07. The highest BCUT2D eigenvalue weighted by Crippen LogP contribution is 2.21. The molecule has 2 N–H and O–H groups in total. The number of hydrogen-bond donors (Lipinski definition) is 2. The zero-order valence-corrected chi connectivity index (χ0v) is 13.0. The van der Waals surface area contributed by atoms with Crippen LogP contribution in [0, 0.1) is 6.92 Å². The molecule has 112 valence electrons. The summed E-state index contributed by atoms with van der Waals surface area (Å²) in [4.78, 5) is 0.351. The van der Waals surface area contributed by atoms with Crippen LogP contribution in [0.3, 0.4) is 0 Å². The van der Waals surface area contributed by atoms with Gasteiger partial charge in [-0.2, -0.15) is 0 Å². The molecule has 0 aromatic heterocycles. The van der Waals surface area contributed by atoms with Crippen LogP contribution >= 0.6 is 0 Å². The van der Waals surface area contributed by atoms with Crippen molar-refractivity contribution in [1.82, 2.24) is 10.0 Å². The zero-order chi connectivity index (χ0) is 14.6. The van der Waals surface area contributed by atoms with Crippen molar-refractivity contribution in [1.29, 1.82) is 0 Å². The molecule has 1 aliphatic rings. The van der Waals surface area contributed by atoms with Crippen molar-refractivity contribution in [3.8, 4) is 0 Å². The van der Waals surface area contributed by atoms with Crippen LogP contribution in [0.5, 0.6) is 0 Å². The number of likely N-dealkylation sites (N-methyl/N-ethyl adjacent to an activating group) is 1. The lowest BCUT2D eigenvalue weighted by Crippen LogP contribution is -2.51. The number of nitrogens with one attached hydrogen (secondary N) is 2. The Hall–Kier alpha value is -0.910. The molecule has 2 atom stereocenters. The maximum absolute atomic E-state index is 12.4.